The Kier molecular flexibility index (Phi) is 41.8. The van der Waals surface area contributed by atoms with Crippen LogP contribution in [0.3, 0.4) is 0 Å². The van der Waals surface area contributed by atoms with Crippen molar-refractivity contribution in [3.8, 4) is 0 Å². The number of rotatable bonds is 15. The van der Waals surface area contributed by atoms with Gasteiger partial charge in [0.25, 0.3) is 6.43 Å². The van der Waals surface area contributed by atoms with Gasteiger partial charge in [-0.25, -0.2) is 18.4 Å². The van der Waals surface area contributed by atoms with Crippen molar-refractivity contribution in [1.29, 1.82) is 0 Å². The fourth-order valence-electron chi connectivity index (χ4n) is 1.65. The van der Waals surface area contributed by atoms with Crippen LogP contribution in [-0.2, 0) is 23.7 Å². The van der Waals surface area contributed by atoms with E-state index in [2.05, 4.69) is 56.5 Å². The van der Waals surface area contributed by atoms with Crippen LogP contribution in [0, 0.1) is 0 Å². The molecule has 0 rings (SSSR count). The lowest BCUT2D eigenvalue weighted by Gasteiger charge is -2.19. The number of aliphatic carboxylic acids is 1. The minimum atomic E-state index is -3.34. The Morgan fingerprint density at radius 2 is 1.15 bits per heavy atom. The number of hydrogen-bond donors (Lipinski definition) is 3. The molecule has 0 spiro atoms. The maximum atomic E-state index is 11.1. The standard InChI is InChI=1S/C9H18N4O3.C6H12N4O2.C4H10N4O.C2H2F2O2.C2H5N3/c1-9(2,3)16-8(14)11-4-6-15-7-5-12-13-10;1-6(2,3)12-5(11)8-4-9-10-7;5-1-3-9-4-2-7-8-6;3-1(4)2(5)6;1-2-4-5-3/h4-7H2,1-3H3,(H,11,14);4H2,1-3H3,(H,8,11);1-5H2;1H,(H,5,6);2H2,1H3. The number of ether oxygens (including phenoxy) is 4. The minimum absolute atomic E-state index is 0.0919. The number of carbonyl (C=O) groups excluding carboxylic acids is 3. The van der Waals surface area contributed by atoms with Gasteiger partial charge in [-0.3, -0.25) is 0 Å². The Bertz CT molecular complexity index is 1030. The van der Waals surface area contributed by atoms with E-state index >= 15 is 0 Å². The second-order valence-corrected chi connectivity index (χ2v) is 9.65. The third-order valence-electron chi connectivity index (χ3n) is 3.14. The van der Waals surface area contributed by atoms with Crippen LogP contribution in [0.5, 0.6) is 0 Å². The zero-order chi connectivity index (χ0) is 38.3. The number of hydrogen-bond acceptors (Lipinski definition) is 12. The summed E-state index contributed by atoms with van der Waals surface area (Å²) in [5, 5.41) is 26.5. The first-order chi connectivity index (χ1) is 22.4. The van der Waals surface area contributed by atoms with E-state index in [9.17, 15) is 18.4 Å². The topological polar surface area (TPSA) is 358 Å². The molecule has 0 unspecified atom stereocenters. The number of carboxylic acid groups (broad SMARTS) is 1. The number of alkyl halides is 2. The van der Waals surface area contributed by atoms with Crippen molar-refractivity contribution in [2.24, 2.45) is 20.5 Å². The molecule has 0 aliphatic rings. The molecule has 0 bridgehead atoms. The van der Waals surface area contributed by atoms with Gasteiger partial charge < -0.3 is 45.2 Å². The average molecular weight is 700 g/mol. The van der Waals surface area contributed by atoms with Gasteiger partial charge in [0.2, 0.25) is 0 Å². The third kappa shape index (κ3) is 68.3. The van der Waals surface area contributed by atoms with Crippen LogP contribution in [0.25, 0.3) is 41.8 Å². The van der Waals surface area contributed by atoms with Gasteiger partial charge in [0.1, 0.15) is 17.2 Å². The van der Waals surface area contributed by atoms with E-state index in [1.807, 2.05) is 0 Å². The van der Waals surface area contributed by atoms with Crippen molar-refractivity contribution < 1.29 is 53.0 Å². The lowest BCUT2D eigenvalue weighted by Crippen LogP contribution is -2.52. The van der Waals surface area contributed by atoms with Gasteiger partial charge >= 0.3 is 12.2 Å². The molecule has 0 aromatic rings. The Morgan fingerprint density at radius 1 is 0.750 bits per heavy atom. The first kappa shape index (κ1) is 52.5. The van der Waals surface area contributed by atoms with Gasteiger partial charge in [0, 0.05) is 45.8 Å². The molecule has 0 aromatic heterocycles. The predicted molar refractivity (Wildman–Crippen MR) is 166 cm³/mol. The van der Waals surface area contributed by atoms with Crippen LogP contribution in [0.1, 0.15) is 48.5 Å². The summed E-state index contributed by atoms with van der Waals surface area (Å²) in [5.74, 6) is -2.32. The predicted octanol–water partition coefficient (Wildman–Crippen LogP) is 3.49. The molecule has 2 amide bonds. The molecule has 0 heterocycles. The summed E-state index contributed by atoms with van der Waals surface area (Å²) in [5.41, 5.74) is 33.7. The minimum Gasteiger partial charge on any atom is -0.544 e. The monoisotopic (exact) mass is 699 g/mol. The molecular weight excluding hydrogens is 652 g/mol. The van der Waals surface area contributed by atoms with E-state index in [1.54, 1.807) is 48.5 Å². The Hall–Kier alpha value is -5.01. The Balaban J connectivity index is -0.000000171. The molecule has 0 atom stereocenters. The summed E-state index contributed by atoms with van der Waals surface area (Å²) >= 11 is 0. The molecule has 0 aliphatic carbocycles. The normalized spacial score (nSPS) is 9.31. The van der Waals surface area contributed by atoms with Crippen LogP contribution in [0.15, 0.2) is 20.5 Å². The van der Waals surface area contributed by atoms with Gasteiger partial charge in [-0.05, 0) is 63.7 Å². The van der Waals surface area contributed by atoms with E-state index in [-0.39, 0.29) is 6.67 Å². The molecule has 0 radical (unpaired) electrons. The lowest BCUT2D eigenvalue weighted by molar-refractivity contribution is -0.374. The number of halogens is 2. The molecule has 48 heavy (non-hydrogen) atoms. The smallest absolute Gasteiger partial charge is 0.407 e. The highest BCUT2D eigenvalue weighted by Gasteiger charge is 2.15. The van der Waals surface area contributed by atoms with Gasteiger partial charge in [0.15, 0.2) is 0 Å². The van der Waals surface area contributed by atoms with Crippen molar-refractivity contribution in [2.45, 2.75) is 66.1 Å². The molecule has 0 aromatic carbocycles. The summed E-state index contributed by atoms with van der Waals surface area (Å²) in [6.45, 7) is 16.6. The second-order valence-electron chi connectivity index (χ2n) is 9.65. The number of carboxylic acids is 1. The number of alkyl carbamates (subject to hydrolysis) is 2. The Labute approximate surface area is 276 Å². The number of nitrogens with zero attached hydrogens (tertiary/aromatic N) is 12. The quantitative estimate of drug-likeness (QED) is 0.0980. The molecule has 0 aliphatic heterocycles. The van der Waals surface area contributed by atoms with Gasteiger partial charge in [0.05, 0.1) is 39.6 Å². The molecule has 25 heteroatoms. The van der Waals surface area contributed by atoms with E-state index in [1.165, 1.54) is 0 Å². The second kappa shape index (κ2) is 38.2. The molecule has 5 N–H and O–H groups in total. The van der Waals surface area contributed by atoms with Gasteiger partial charge in [-0.15, -0.1) is 0 Å². The van der Waals surface area contributed by atoms with Crippen LogP contribution < -0.4 is 21.5 Å². The maximum Gasteiger partial charge on any atom is 0.407 e. The third-order valence-corrected chi connectivity index (χ3v) is 3.14. The highest BCUT2D eigenvalue weighted by molar-refractivity contribution is 5.68. The van der Waals surface area contributed by atoms with Crippen molar-refractivity contribution >= 4 is 18.2 Å². The zero-order valence-electron chi connectivity index (χ0n) is 28.2. The fraction of sp³-hybridized carbons (Fsp3) is 0.870. The van der Waals surface area contributed by atoms with Gasteiger partial charge in [-0.1, -0.05) is 27.4 Å². The molecule has 276 valence electrons. The average Bonchev–Trinajstić information content (AvgIpc) is 2.97. The fourth-order valence-corrected chi connectivity index (χ4v) is 1.65. The first-order valence-corrected chi connectivity index (χ1v) is 13.8. The SMILES string of the molecule is CC(C)(C)OC(=O)NCCOCCN=[N+]=[N-].CC(C)(C)OC(=O)NCN=[N+]=[N-].CCN=[N+]=[N-].O=C([O-])C(F)F.[N-]=[N+]=NCCOCC[NH3+]. The van der Waals surface area contributed by atoms with Crippen LogP contribution in [-0.4, -0.2) is 102 Å². The van der Waals surface area contributed by atoms with E-state index in [4.69, 9.17) is 51.0 Å². The largest absolute Gasteiger partial charge is 0.544 e. The highest BCUT2D eigenvalue weighted by Crippen LogP contribution is 2.06. The Morgan fingerprint density at radius 3 is 1.46 bits per heavy atom. The number of azide groups is 4. The van der Waals surface area contributed by atoms with Crippen LogP contribution in [0.4, 0.5) is 18.4 Å². The molecule has 0 saturated heterocycles. The molecule has 0 saturated carbocycles. The summed E-state index contributed by atoms with van der Waals surface area (Å²) in [4.78, 5) is 40.9. The first-order valence-electron chi connectivity index (χ1n) is 13.8. The van der Waals surface area contributed by atoms with Crippen LogP contribution >= 0.6 is 0 Å². The van der Waals surface area contributed by atoms with Crippen molar-refractivity contribution in [3.63, 3.8) is 0 Å². The summed E-state index contributed by atoms with van der Waals surface area (Å²) < 4.78 is 40.9. The zero-order valence-corrected chi connectivity index (χ0v) is 28.2. The summed E-state index contributed by atoms with van der Waals surface area (Å²) in [7, 11) is 0. The van der Waals surface area contributed by atoms with Crippen molar-refractivity contribution in [2.75, 3.05) is 65.8 Å². The summed E-state index contributed by atoms with van der Waals surface area (Å²) in [6, 6.07) is 0. The summed E-state index contributed by atoms with van der Waals surface area (Å²) in [6.07, 6.45) is -4.40. The van der Waals surface area contributed by atoms with E-state index < -0.39 is 35.8 Å². The number of quaternary nitrogens is 1. The molecule has 23 nitrogen and oxygen atoms in total. The lowest BCUT2D eigenvalue weighted by atomic mass is 10.2. The van der Waals surface area contributed by atoms with E-state index in [0.717, 1.165) is 6.54 Å². The van der Waals surface area contributed by atoms with Crippen molar-refractivity contribution in [3.05, 3.63) is 41.8 Å². The number of nitrogens with one attached hydrogen (secondary N) is 2. The maximum absolute atomic E-state index is 11.1. The highest BCUT2D eigenvalue weighted by atomic mass is 19.3. The number of carbonyl (C=O) groups is 3. The van der Waals surface area contributed by atoms with Crippen molar-refractivity contribution in [1.82, 2.24) is 10.6 Å². The van der Waals surface area contributed by atoms with Crippen LogP contribution in [0.2, 0.25) is 0 Å². The van der Waals surface area contributed by atoms with Gasteiger partial charge in [-0.2, -0.15) is 0 Å². The van der Waals surface area contributed by atoms with E-state index in [0.29, 0.717) is 52.6 Å². The number of amides is 2. The molecule has 0 fully saturated rings. The molecular formula is C23H47F2N15O8.